The van der Waals surface area contributed by atoms with Gasteiger partial charge in [0, 0.05) is 10.6 Å². The van der Waals surface area contributed by atoms with Crippen LogP contribution in [0.1, 0.15) is 39.2 Å². The van der Waals surface area contributed by atoms with E-state index in [0.717, 1.165) is 36.1 Å². The predicted molar refractivity (Wildman–Crippen MR) is 128 cm³/mol. The molecule has 8 nitrogen and oxygen atoms in total. The van der Waals surface area contributed by atoms with Crippen molar-refractivity contribution in [1.82, 2.24) is 0 Å². The van der Waals surface area contributed by atoms with Gasteiger partial charge in [-0.25, -0.2) is 13.2 Å². The normalized spacial score (nSPS) is 12.8. The molecule has 34 heavy (non-hydrogen) atoms. The van der Waals surface area contributed by atoms with Crippen LogP contribution < -0.4 is 10.0 Å². The molecule has 1 aliphatic carbocycles. The fraction of sp³-hybridized carbons (Fsp3) is 0.208. The first-order valence-electron chi connectivity index (χ1n) is 10.6. The van der Waals surface area contributed by atoms with Gasteiger partial charge < -0.3 is 10.1 Å². The van der Waals surface area contributed by atoms with Gasteiger partial charge in [0.05, 0.1) is 16.0 Å². The number of carbonyl (C=O) groups is 2. The largest absolute Gasteiger partial charge is 0.452 e. The first-order chi connectivity index (χ1) is 16.4. The Hall–Kier alpha value is -3.68. The number of ether oxygens (including phenoxy) is 1. The third kappa shape index (κ3) is 5.27. The molecule has 0 saturated carbocycles. The third-order valence-electron chi connectivity index (χ3n) is 5.30. The van der Waals surface area contributed by atoms with Gasteiger partial charge in [0.25, 0.3) is 15.9 Å². The second-order valence-corrected chi connectivity index (χ2v) is 10.4. The Kier molecular flexibility index (Phi) is 6.95. The van der Waals surface area contributed by atoms with Crippen LogP contribution >= 0.6 is 11.3 Å². The second kappa shape index (κ2) is 10.1. The zero-order valence-electron chi connectivity index (χ0n) is 18.0. The maximum Gasteiger partial charge on any atom is 0.338 e. The summed E-state index contributed by atoms with van der Waals surface area (Å²) >= 11 is 1.39. The van der Waals surface area contributed by atoms with Crippen LogP contribution in [0.4, 0.5) is 10.7 Å². The summed E-state index contributed by atoms with van der Waals surface area (Å²) < 4.78 is 32.5. The number of aryl methyl sites for hydroxylation is 1. The number of nitrogens with zero attached hydrogens (tertiary/aromatic N) is 1. The molecule has 174 valence electrons. The Morgan fingerprint density at radius 3 is 2.44 bits per heavy atom. The lowest BCUT2D eigenvalue weighted by Gasteiger charge is -2.09. The molecule has 0 bridgehead atoms. The molecule has 1 aromatic heterocycles. The van der Waals surface area contributed by atoms with E-state index in [1.807, 2.05) is 0 Å². The molecule has 2 N–H and O–H groups in total. The molecule has 1 aliphatic rings. The molecule has 0 atom stereocenters. The minimum atomic E-state index is -3.82. The van der Waals surface area contributed by atoms with Gasteiger partial charge >= 0.3 is 5.97 Å². The van der Waals surface area contributed by atoms with E-state index in [-0.39, 0.29) is 10.5 Å². The number of nitrogens with one attached hydrogen (secondary N) is 2. The number of rotatable bonds is 7. The van der Waals surface area contributed by atoms with Crippen LogP contribution in [-0.4, -0.2) is 26.9 Å². The summed E-state index contributed by atoms with van der Waals surface area (Å²) in [5, 5.41) is 12.6. The molecular formula is C24H21N3O5S2. The van der Waals surface area contributed by atoms with E-state index in [1.165, 1.54) is 35.6 Å². The molecule has 1 heterocycles. The van der Waals surface area contributed by atoms with E-state index in [9.17, 15) is 23.3 Å². The molecular weight excluding hydrogens is 474 g/mol. The van der Waals surface area contributed by atoms with Crippen molar-refractivity contribution in [2.45, 2.75) is 30.6 Å². The Morgan fingerprint density at radius 2 is 1.74 bits per heavy atom. The summed E-state index contributed by atoms with van der Waals surface area (Å²) in [6, 6.07) is 15.8. The first kappa shape index (κ1) is 23.5. The minimum absolute atomic E-state index is 0.0173. The summed E-state index contributed by atoms with van der Waals surface area (Å²) in [4.78, 5) is 25.7. The highest BCUT2D eigenvalue weighted by Gasteiger charge is 2.22. The van der Waals surface area contributed by atoms with Crippen molar-refractivity contribution in [3.63, 3.8) is 0 Å². The number of carbonyl (C=O) groups excluding carboxylic acids is 2. The van der Waals surface area contributed by atoms with E-state index < -0.39 is 28.5 Å². The summed E-state index contributed by atoms with van der Waals surface area (Å²) in [5.74, 6) is -1.31. The van der Waals surface area contributed by atoms with Gasteiger partial charge in [0.15, 0.2) is 6.61 Å². The smallest absolute Gasteiger partial charge is 0.338 e. The standard InChI is InChI=1S/C24H21N3O5S2/c25-14-20-19-8-4-5-9-21(19)33-23(20)26-22(28)15-32-24(29)16-10-12-18(13-11-16)34(30,31)27-17-6-2-1-3-7-17/h1-3,6-7,10-13,27H,4-5,8-9,15H2,(H,26,28). The predicted octanol–water partition coefficient (Wildman–Crippen LogP) is 4.09. The summed E-state index contributed by atoms with van der Waals surface area (Å²) in [7, 11) is -3.82. The number of para-hydroxylation sites is 1. The average Bonchev–Trinajstić information content (AvgIpc) is 3.19. The first-order valence-corrected chi connectivity index (χ1v) is 12.9. The highest BCUT2D eigenvalue weighted by Crippen LogP contribution is 2.37. The fourth-order valence-corrected chi connectivity index (χ4v) is 5.95. The Morgan fingerprint density at radius 1 is 1.03 bits per heavy atom. The molecule has 0 radical (unpaired) electrons. The van der Waals surface area contributed by atoms with Gasteiger partial charge in [-0.05, 0) is 67.6 Å². The van der Waals surface area contributed by atoms with Crippen LogP contribution in [0.15, 0.2) is 59.5 Å². The number of esters is 1. The highest BCUT2D eigenvalue weighted by molar-refractivity contribution is 7.92. The number of sulfonamides is 1. The van der Waals surface area contributed by atoms with Gasteiger partial charge in [-0.2, -0.15) is 5.26 Å². The molecule has 2 aromatic carbocycles. The lowest BCUT2D eigenvalue weighted by molar-refractivity contribution is -0.119. The van der Waals surface area contributed by atoms with E-state index in [1.54, 1.807) is 30.3 Å². The van der Waals surface area contributed by atoms with Crippen LogP contribution in [0.3, 0.4) is 0 Å². The lowest BCUT2D eigenvalue weighted by atomic mass is 9.96. The van der Waals surface area contributed by atoms with Gasteiger partial charge in [-0.3, -0.25) is 9.52 Å². The fourth-order valence-electron chi connectivity index (χ4n) is 3.64. The van der Waals surface area contributed by atoms with Crippen molar-refractivity contribution in [2.75, 3.05) is 16.6 Å². The van der Waals surface area contributed by atoms with Crippen molar-refractivity contribution >= 4 is 43.9 Å². The monoisotopic (exact) mass is 495 g/mol. The van der Waals surface area contributed by atoms with E-state index in [2.05, 4.69) is 16.1 Å². The molecule has 4 rings (SSSR count). The molecule has 3 aromatic rings. The minimum Gasteiger partial charge on any atom is -0.452 e. The van der Waals surface area contributed by atoms with Crippen molar-refractivity contribution in [1.29, 1.82) is 5.26 Å². The van der Waals surface area contributed by atoms with Crippen LogP contribution in [0.5, 0.6) is 0 Å². The third-order valence-corrected chi connectivity index (χ3v) is 7.90. The number of benzene rings is 2. The van der Waals surface area contributed by atoms with Gasteiger partial charge in [0.1, 0.15) is 11.1 Å². The zero-order valence-corrected chi connectivity index (χ0v) is 19.7. The number of anilines is 2. The Bertz CT molecular complexity index is 1360. The Balaban J connectivity index is 1.35. The maximum absolute atomic E-state index is 12.5. The summed E-state index contributed by atoms with van der Waals surface area (Å²) in [6.07, 6.45) is 3.80. The number of fused-ring (bicyclic) bond motifs is 1. The second-order valence-electron chi connectivity index (χ2n) is 7.65. The number of hydrogen-bond acceptors (Lipinski definition) is 7. The van der Waals surface area contributed by atoms with Crippen LogP contribution in [0, 0.1) is 11.3 Å². The van der Waals surface area contributed by atoms with Gasteiger partial charge in [-0.15, -0.1) is 11.3 Å². The summed E-state index contributed by atoms with van der Waals surface area (Å²) in [5.41, 5.74) is 2.02. The molecule has 1 amide bonds. The SMILES string of the molecule is N#Cc1c(NC(=O)COC(=O)c2ccc(S(=O)(=O)Nc3ccccc3)cc2)sc2c1CCCC2. The quantitative estimate of drug-likeness (QED) is 0.476. The number of hydrogen-bond donors (Lipinski definition) is 2. The van der Waals surface area contributed by atoms with Crippen LogP contribution in [-0.2, 0) is 32.4 Å². The maximum atomic E-state index is 12.5. The van der Waals surface area contributed by atoms with E-state index >= 15 is 0 Å². The van der Waals surface area contributed by atoms with Crippen LogP contribution in [0.25, 0.3) is 0 Å². The summed E-state index contributed by atoms with van der Waals surface area (Å²) in [6.45, 7) is -0.526. The average molecular weight is 496 g/mol. The van der Waals surface area contributed by atoms with Crippen molar-refractivity contribution in [3.8, 4) is 6.07 Å². The van der Waals surface area contributed by atoms with Crippen molar-refractivity contribution in [3.05, 3.63) is 76.2 Å². The molecule has 0 unspecified atom stereocenters. The highest BCUT2D eigenvalue weighted by atomic mass is 32.2. The Labute approximate surface area is 201 Å². The zero-order chi connectivity index (χ0) is 24.1. The van der Waals surface area contributed by atoms with Gasteiger partial charge in [-0.1, -0.05) is 18.2 Å². The van der Waals surface area contributed by atoms with E-state index in [0.29, 0.717) is 16.3 Å². The number of nitriles is 1. The molecule has 0 spiro atoms. The molecule has 0 fully saturated rings. The van der Waals surface area contributed by atoms with E-state index in [4.69, 9.17) is 4.74 Å². The number of thiophene rings is 1. The lowest BCUT2D eigenvalue weighted by Crippen LogP contribution is -2.21. The number of amides is 1. The molecule has 10 heteroatoms. The molecule has 0 aliphatic heterocycles. The van der Waals surface area contributed by atoms with Gasteiger partial charge in [0.2, 0.25) is 0 Å². The van der Waals surface area contributed by atoms with Crippen molar-refractivity contribution in [2.24, 2.45) is 0 Å². The molecule has 0 saturated heterocycles. The van der Waals surface area contributed by atoms with Crippen molar-refractivity contribution < 1.29 is 22.7 Å². The van der Waals surface area contributed by atoms with Crippen LogP contribution in [0.2, 0.25) is 0 Å². The topological polar surface area (TPSA) is 125 Å².